The number of ether oxygens (including phenoxy) is 2. The molecule has 2 unspecified atom stereocenters. The first-order valence-corrected chi connectivity index (χ1v) is 8.93. The first-order chi connectivity index (χ1) is 9.99. The van der Waals surface area contributed by atoms with E-state index in [1.54, 1.807) is 0 Å². The number of rotatable bonds is 4. The zero-order valence-corrected chi connectivity index (χ0v) is 14.4. The second-order valence-electron chi connectivity index (χ2n) is 7.34. The molecule has 1 fully saturated rings. The molecule has 1 aliphatic carbocycles. The standard InChI is InChI=1S/C18H36O3/c1-18(2,3)21-15-14-20-17-13-11-9-7-5-4-6-8-10-12-16(17)19/h16-17,19H,4-15H2,1-3H3. The van der Waals surface area contributed by atoms with Crippen molar-refractivity contribution in [1.82, 2.24) is 0 Å². The van der Waals surface area contributed by atoms with Gasteiger partial charge in [-0.1, -0.05) is 51.4 Å². The van der Waals surface area contributed by atoms with Crippen LogP contribution in [-0.2, 0) is 9.47 Å². The Labute approximate surface area is 131 Å². The summed E-state index contributed by atoms with van der Waals surface area (Å²) >= 11 is 0. The van der Waals surface area contributed by atoms with Gasteiger partial charge in [0.15, 0.2) is 0 Å². The Balaban J connectivity index is 2.31. The molecule has 2 atom stereocenters. The van der Waals surface area contributed by atoms with E-state index in [1.165, 1.54) is 44.9 Å². The van der Waals surface area contributed by atoms with Crippen LogP contribution >= 0.6 is 0 Å². The summed E-state index contributed by atoms with van der Waals surface area (Å²) in [5, 5.41) is 10.3. The van der Waals surface area contributed by atoms with Gasteiger partial charge in [0, 0.05) is 0 Å². The van der Waals surface area contributed by atoms with E-state index in [1.807, 2.05) is 0 Å². The molecular formula is C18H36O3. The third-order valence-corrected chi connectivity index (χ3v) is 4.12. The van der Waals surface area contributed by atoms with Gasteiger partial charge in [-0.05, 0) is 33.6 Å². The zero-order chi connectivity index (χ0) is 15.6. The average Bonchev–Trinajstić information content (AvgIpc) is 2.40. The minimum atomic E-state index is -0.306. The molecule has 0 aromatic rings. The fourth-order valence-electron chi connectivity index (χ4n) is 2.88. The molecule has 0 aliphatic heterocycles. The highest BCUT2D eigenvalue weighted by molar-refractivity contribution is 4.71. The molecule has 1 N–H and O–H groups in total. The van der Waals surface area contributed by atoms with E-state index in [0.29, 0.717) is 13.2 Å². The lowest BCUT2D eigenvalue weighted by molar-refractivity contribution is -0.0853. The fraction of sp³-hybridized carbons (Fsp3) is 1.00. The maximum Gasteiger partial charge on any atom is 0.0835 e. The summed E-state index contributed by atoms with van der Waals surface area (Å²) < 4.78 is 11.6. The SMILES string of the molecule is CC(C)(C)OCCOC1CCCCCCCCCCC1O. The average molecular weight is 300 g/mol. The molecule has 0 radical (unpaired) electrons. The Kier molecular flexibility index (Phi) is 9.54. The van der Waals surface area contributed by atoms with Crippen molar-refractivity contribution in [2.75, 3.05) is 13.2 Å². The number of hydrogen-bond donors (Lipinski definition) is 1. The molecule has 1 rings (SSSR count). The Morgan fingerprint density at radius 1 is 0.810 bits per heavy atom. The lowest BCUT2D eigenvalue weighted by atomic mass is 9.97. The van der Waals surface area contributed by atoms with E-state index < -0.39 is 0 Å². The summed E-state index contributed by atoms with van der Waals surface area (Å²) in [5.41, 5.74) is -0.117. The van der Waals surface area contributed by atoms with Gasteiger partial charge in [0.25, 0.3) is 0 Å². The van der Waals surface area contributed by atoms with Crippen molar-refractivity contribution < 1.29 is 14.6 Å². The molecule has 0 spiro atoms. The van der Waals surface area contributed by atoms with Crippen LogP contribution < -0.4 is 0 Å². The van der Waals surface area contributed by atoms with Crippen LogP contribution in [0.4, 0.5) is 0 Å². The van der Waals surface area contributed by atoms with Crippen LogP contribution in [0.15, 0.2) is 0 Å². The van der Waals surface area contributed by atoms with Crippen LogP contribution in [0.5, 0.6) is 0 Å². The fourth-order valence-corrected chi connectivity index (χ4v) is 2.88. The lowest BCUT2D eigenvalue weighted by Gasteiger charge is -2.25. The first kappa shape index (κ1) is 18.9. The normalized spacial score (nSPS) is 26.9. The van der Waals surface area contributed by atoms with Gasteiger partial charge in [-0.2, -0.15) is 0 Å². The zero-order valence-electron chi connectivity index (χ0n) is 14.4. The van der Waals surface area contributed by atoms with Crippen LogP contribution in [0.3, 0.4) is 0 Å². The van der Waals surface area contributed by atoms with Crippen molar-refractivity contribution in [1.29, 1.82) is 0 Å². The first-order valence-electron chi connectivity index (χ1n) is 8.93. The Morgan fingerprint density at radius 3 is 1.90 bits per heavy atom. The highest BCUT2D eigenvalue weighted by Gasteiger charge is 2.20. The summed E-state index contributed by atoms with van der Waals surface area (Å²) in [6.45, 7) is 7.35. The molecule has 21 heavy (non-hydrogen) atoms. The smallest absolute Gasteiger partial charge is 0.0835 e. The third-order valence-electron chi connectivity index (χ3n) is 4.12. The predicted octanol–water partition coefficient (Wildman–Crippen LogP) is 4.46. The van der Waals surface area contributed by atoms with Gasteiger partial charge in [-0.15, -0.1) is 0 Å². The Hall–Kier alpha value is -0.120. The van der Waals surface area contributed by atoms with E-state index in [0.717, 1.165) is 19.3 Å². The van der Waals surface area contributed by atoms with Crippen LogP contribution in [0.25, 0.3) is 0 Å². The molecule has 0 aromatic carbocycles. The topological polar surface area (TPSA) is 38.7 Å². The summed E-state index contributed by atoms with van der Waals surface area (Å²) in [4.78, 5) is 0. The van der Waals surface area contributed by atoms with E-state index >= 15 is 0 Å². The van der Waals surface area contributed by atoms with E-state index in [2.05, 4.69) is 20.8 Å². The number of hydrogen-bond acceptors (Lipinski definition) is 3. The second kappa shape index (κ2) is 10.6. The van der Waals surface area contributed by atoms with Crippen molar-refractivity contribution >= 4 is 0 Å². The Morgan fingerprint density at radius 2 is 1.33 bits per heavy atom. The van der Waals surface area contributed by atoms with Crippen molar-refractivity contribution in [3.05, 3.63) is 0 Å². The maximum atomic E-state index is 10.3. The maximum absolute atomic E-state index is 10.3. The van der Waals surface area contributed by atoms with Crippen LogP contribution in [0, 0.1) is 0 Å². The summed E-state index contributed by atoms with van der Waals surface area (Å²) in [6.07, 6.45) is 11.7. The molecule has 0 aromatic heterocycles. The highest BCUT2D eigenvalue weighted by atomic mass is 16.5. The predicted molar refractivity (Wildman–Crippen MR) is 87.6 cm³/mol. The van der Waals surface area contributed by atoms with Crippen molar-refractivity contribution in [2.45, 2.75) is 103 Å². The second-order valence-corrected chi connectivity index (χ2v) is 7.34. The largest absolute Gasteiger partial charge is 0.390 e. The molecule has 126 valence electrons. The van der Waals surface area contributed by atoms with Gasteiger partial charge in [0.05, 0.1) is 31.0 Å². The van der Waals surface area contributed by atoms with E-state index in [-0.39, 0.29) is 17.8 Å². The molecule has 0 amide bonds. The number of aliphatic hydroxyl groups excluding tert-OH is 1. The van der Waals surface area contributed by atoms with Gasteiger partial charge in [-0.3, -0.25) is 0 Å². The minimum Gasteiger partial charge on any atom is -0.390 e. The van der Waals surface area contributed by atoms with Gasteiger partial charge in [0.2, 0.25) is 0 Å². The highest BCUT2D eigenvalue weighted by Crippen LogP contribution is 2.19. The van der Waals surface area contributed by atoms with Gasteiger partial charge in [0.1, 0.15) is 0 Å². The molecule has 1 aliphatic rings. The summed E-state index contributed by atoms with van der Waals surface area (Å²) in [5.74, 6) is 0. The van der Waals surface area contributed by atoms with Crippen molar-refractivity contribution in [3.8, 4) is 0 Å². The summed E-state index contributed by atoms with van der Waals surface area (Å²) in [6, 6.07) is 0. The van der Waals surface area contributed by atoms with Gasteiger partial charge >= 0.3 is 0 Å². The molecule has 0 heterocycles. The van der Waals surface area contributed by atoms with Gasteiger partial charge < -0.3 is 14.6 Å². The quantitative estimate of drug-likeness (QED) is 0.779. The van der Waals surface area contributed by atoms with Crippen molar-refractivity contribution in [2.24, 2.45) is 0 Å². The van der Waals surface area contributed by atoms with Crippen LogP contribution in [0.2, 0.25) is 0 Å². The lowest BCUT2D eigenvalue weighted by Crippen LogP contribution is -2.31. The van der Waals surface area contributed by atoms with Crippen LogP contribution in [-0.4, -0.2) is 36.1 Å². The third kappa shape index (κ3) is 10.3. The van der Waals surface area contributed by atoms with E-state index in [4.69, 9.17) is 9.47 Å². The minimum absolute atomic E-state index is 0.00649. The van der Waals surface area contributed by atoms with E-state index in [9.17, 15) is 5.11 Å². The molecule has 3 heteroatoms. The molecular weight excluding hydrogens is 264 g/mol. The monoisotopic (exact) mass is 300 g/mol. The number of aliphatic hydroxyl groups is 1. The van der Waals surface area contributed by atoms with Crippen LogP contribution in [0.1, 0.15) is 85.0 Å². The van der Waals surface area contributed by atoms with Gasteiger partial charge in [-0.25, -0.2) is 0 Å². The van der Waals surface area contributed by atoms with Crippen molar-refractivity contribution in [3.63, 3.8) is 0 Å². The molecule has 1 saturated carbocycles. The molecule has 0 saturated heterocycles. The molecule has 0 bridgehead atoms. The Bertz CT molecular complexity index is 247. The summed E-state index contributed by atoms with van der Waals surface area (Å²) in [7, 11) is 0. The molecule has 3 nitrogen and oxygen atoms in total.